The first-order chi connectivity index (χ1) is 9.00. The molecule has 104 valence electrons. The number of hydrogen-bond donors (Lipinski definition) is 1. The van der Waals surface area contributed by atoms with Gasteiger partial charge in [0.25, 0.3) is 0 Å². The average molecular weight is 262 g/mol. The molecule has 0 heterocycles. The number of aliphatic hydroxyl groups is 1. The van der Waals surface area contributed by atoms with Crippen LogP contribution in [0.4, 0.5) is 0 Å². The van der Waals surface area contributed by atoms with Crippen molar-refractivity contribution >= 4 is 0 Å². The fourth-order valence-corrected chi connectivity index (χ4v) is 2.08. The van der Waals surface area contributed by atoms with Crippen LogP contribution in [0, 0.1) is 0 Å². The predicted octanol–water partition coefficient (Wildman–Crippen LogP) is 3.08. The third-order valence-corrected chi connectivity index (χ3v) is 3.38. The summed E-state index contributed by atoms with van der Waals surface area (Å²) in [5, 5.41) is 9.84. The van der Waals surface area contributed by atoms with Gasteiger partial charge in [-0.1, -0.05) is 19.1 Å². The smallest absolute Gasteiger partial charge is 0.123 e. The molecule has 3 heteroatoms. The van der Waals surface area contributed by atoms with Gasteiger partial charge in [-0.05, 0) is 24.6 Å². The Hall–Kier alpha value is -1.74. The molecule has 0 bridgehead atoms. The van der Waals surface area contributed by atoms with Crippen LogP contribution in [0.25, 0.3) is 0 Å². The predicted molar refractivity (Wildman–Crippen MR) is 77.9 cm³/mol. The van der Waals surface area contributed by atoms with Crippen LogP contribution < -0.4 is 9.47 Å². The number of methoxy groups -OCH3 is 2. The van der Waals surface area contributed by atoms with Crippen LogP contribution in [0.1, 0.15) is 18.9 Å². The molecule has 0 spiro atoms. The van der Waals surface area contributed by atoms with Crippen molar-refractivity contribution in [2.75, 3.05) is 14.2 Å². The first-order valence-electron chi connectivity index (χ1n) is 6.17. The van der Waals surface area contributed by atoms with Gasteiger partial charge in [0.15, 0.2) is 0 Å². The molecule has 0 aliphatic carbocycles. The zero-order valence-corrected chi connectivity index (χ0v) is 11.8. The summed E-state index contributed by atoms with van der Waals surface area (Å²) in [6.45, 7) is 9.50. The van der Waals surface area contributed by atoms with E-state index in [-0.39, 0.29) is 0 Å². The summed E-state index contributed by atoms with van der Waals surface area (Å²) in [7, 11) is 3.24. The number of allylic oxidation sites excluding steroid dienone is 1. The Kier molecular flexibility index (Phi) is 5.19. The van der Waals surface area contributed by atoms with Crippen molar-refractivity contribution in [3.63, 3.8) is 0 Å². The lowest BCUT2D eigenvalue weighted by atomic mass is 9.77. The third-order valence-electron chi connectivity index (χ3n) is 3.38. The Bertz CT molecular complexity index is 453. The highest BCUT2D eigenvalue weighted by molar-refractivity contribution is 5.47. The maximum atomic E-state index is 9.84. The highest BCUT2D eigenvalue weighted by Gasteiger charge is 2.29. The molecule has 1 rings (SSSR count). The van der Waals surface area contributed by atoms with Crippen molar-refractivity contribution in [3.05, 3.63) is 49.1 Å². The lowest BCUT2D eigenvalue weighted by Gasteiger charge is -2.29. The standard InChI is InChI=1S/C16H22O3/c1-6-12(17)11-16(3,7-2)14-10-13(18-4)8-9-15(14)19-5/h6-10,12,17H,1-2,11H2,3-5H3. The van der Waals surface area contributed by atoms with Gasteiger partial charge in [0, 0.05) is 11.0 Å². The van der Waals surface area contributed by atoms with E-state index in [0.29, 0.717) is 6.42 Å². The van der Waals surface area contributed by atoms with E-state index in [9.17, 15) is 5.11 Å². The largest absolute Gasteiger partial charge is 0.497 e. The molecule has 0 amide bonds. The Balaban J connectivity index is 3.28. The Morgan fingerprint density at radius 2 is 2.00 bits per heavy atom. The number of ether oxygens (including phenoxy) is 2. The van der Waals surface area contributed by atoms with Crippen molar-refractivity contribution in [1.29, 1.82) is 0 Å². The van der Waals surface area contributed by atoms with E-state index < -0.39 is 11.5 Å². The molecular formula is C16H22O3. The molecule has 19 heavy (non-hydrogen) atoms. The van der Waals surface area contributed by atoms with E-state index in [4.69, 9.17) is 9.47 Å². The van der Waals surface area contributed by atoms with Crippen LogP contribution in [0.5, 0.6) is 11.5 Å². The maximum absolute atomic E-state index is 9.84. The van der Waals surface area contributed by atoms with Gasteiger partial charge >= 0.3 is 0 Å². The lowest BCUT2D eigenvalue weighted by Crippen LogP contribution is -2.25. The molecule has 0 fully saturated rings. The summed E-state index contributed by atoms with van der Waals surface area (Å²) in [6.07, 6.45) is 3.23. The summed E-state index contributed by atoms with van der Waals surface area (Å²) in [6, 6.07) is 5.61. The second kappa shape index (κ2) is 6.43. The highest BCUT2D eigenvalue weighted by atomic mass is 16.5. The fraction of sp³-hybridized carbons (Fsp3) is 0.375. The van der Waals surface area contributed by atoms with Crippen LogP contribution in [0.3, 0.4) is 0 Å². The Morgan fingerprint density at radius 3 is 2.47 bits per heavy atom. The molecule has 0 saturated carbocycles. The van der Waals surface area contributed by atoms with E-state index in [0.717, 1.165) is 17.1 Å². The van der Waals surface area contributed by atoms with Crippen LogP contribution >= 0.6 is 0 Å². The van der Waals surface area contributed by atoms with Crippen molar-refractivity contribution < 1.29 is 14.6 Å². The van der Waals surface area contributed by atoms with Crippen molar-refractivity contribution in [2.24, 2.45) is 0 Å². The molecule has 0 radical (unpaired) electrons. The number of benzene rings is 1. The van der Waals surface area contributed by atoms with Crippen molar-refractivity contribution in [2.45, 2.75) is 24.9 Å². The second-order valence-corrected chi connectivity index (χ2v) is 4.69. The zero-order chi connectivity index (χ0) is 14.5. The van der Waals surface area contributed by atoms with E-state index in [1.807, 2.05) is 31.2 Å². The minimum Gasteiger partial charge on any atom is -0.497 e. The normalized spacial score (nSPS) is 15.2. The van der Waals surface area contributed by atoms with Gasteiger partial charge in [-0.3, -0.25) is 0 Å². The van der Waals surface area contributed by atoms with Crippen molar-refractivity contribution in [1.82, 2.24) is 0 Å². The third kappa shape index (κ3) is 3.38. The molecule has 1 N–H and O–H groups in total. The quantitative estimate of drug-likeness (QED) is 0.767. The summed E-state index contributed by atoms with van der Waals surface area (Å²) in [4.78, 5) is 0. The second-order valence-electron chi connectivity index (χ2n) is 4.69. The molecule has 0 aliphatic heterocycles. The van der Waals surface area contributed by atoms with Crippen LogP contribution in [0.15, 0.2) is 43.5 Å². The molecule has 1 aromatic carbocycles. The first-order valence-corrected chi connectivity index (χ1v) is 6.17. The van der Waals surface area contributed by atoms with Crippen LogP contribution in [-0.4, -0.2) is 25.4 Å². The van der Waals surface area contributed by atoms with Crippen molar-refractivity contribution in [3.8, 4) is 11.5 Å². The number of hydrogen-bond acceptors (Lipinski definition) is 3. The molecule has 3 nitrogen and oxygen atoms in total. The van der Waals surface area contributed by atoms with Gasteiger partial charge < -0.3 is 14.6 Å². The molecule has 0 aromatic heterocycles. The van der Waals surface area contributed by atoms with Crippen LogP contribution in [-0.2, 0) is 5.41 Å². The summed E-state index contributed by atoms with van der Waals surface area (Å²) in [5.41, 5.74) is 0.512. The van der Waals surface area contributed by atoms with Gasteiger partial charge in [-0.15, -0.1) is 13.2 Å². The van der Waals surface area contributed by atoms with E-state index in [1.54, 1.807) is 14.2 Å². The summed E-state index contributed by atoms with van der Waals surface area (Å²) >= 11 is 0. The minimum absolute atomic E-state index is 0.423. The maximum Gasteiger partial charge on any atom is 0.123 e. The molecular weight excluding hydrogens is 240 g/mol. The minimum atomic E-state index is -0.598. The summed E-state index contributed by atoms with van der Waals surface area (Å²) < 4.78 is 10.7. The highest BCUT2D eigenvalue weighted by Crippen LogP contribution is 2.38. The first kappa shape index (κ1) is 15.3. The monoisotopic (exact) mass is 262 g/mol. The number of rotatable bonds is 7. The lowest BCUT2D eigenvalue weighted by molar-refractivity contribution is 0.189. The van der Waals surface area contributed by atoms with Gasteiger partial charge in [-0.25, -0.2) is 0 Å². The number of aliphatic hydroxyl groups excluding tert-OH is 1. The van der Waals surface area contributed by atoms with Gasteiger partial charge in [0.1, 0.15) is 11.5 Å². The van der Waals surface area contributed by atoms with Crippen LogP contribution in [0.2, 0.25) is 0 Å². The fourth-order valence-electron chi connectivity index (χ4n) is 2.08. The van der Waals surface area contributed by atoms with E-state index in [2.05, 4.69) is 13.2 Å². The molecule has 0 aliphatic rings. The molecule has 2 atom stereocenters. The topological polar surface area (TPSA) is 38.7 Å². The van der Waals surface area contributed by atoms with E-state index in [1.165, 1.54) is 6.08 Å². The molecule has 0 saturated heterocycles. The Labute approximate surface area is 115 Å². The van der Waals surface area contributed by atoms with Gasteiger partial charge in [0.2, 0.25) is 0 Å². The Morgan fingerprint density at radius 1 is 1.32 bits per heavy atom. The molecule has 2 unspecified atom stereocenters. The molecule has 1 aromatic rings. The van der Waals surface area contributed by atoms with Gasteiger partial charge in [-0.2, -0.15) is 0 Å². The SMILES string of the molecule is C=CC(O)CC(C)(C=C)c1cc(OC)ccc1OC. The zero-order valence-electron chi connectivity index (χ0n) is 11.8. The average Bonchev–Trinajstić information content (AvgIpc) is 2.46. The van der Waals surface area contributed by atoms with Gasteiger partial charge in [0.05, 0.1) is 20.3 Å². The van der Waals surface area contributed by atoms with E-state index >= 15 is 0 Å². The summed E-state index contributed by atoms with van der Waals surface area (Å²) in [5.74, 6) is 1.50.